The molecule has 0 aliphatic rings. The first-order valence-corrected chi connectivity index (χ1v) is 10.3. The summed E-state index contributed by atoms with van der Waals surface area (Å²) in [6, 6.07) is 14.5. The highest BCUT2D eigenvalue weighted by Crippen LogP contribution is 2.35. The lowest BCUT2D eigenvalue weighted by Gasteiger charge is -2.15. The summed E-state index contributed by atoms with van der Waals surface area (Å²) < 4.78 is 65.2. The topological polar surface area (TPSA) is 96.2 Å². The van der Waals surface area contributed by atoms with Gasteiger partial charge >= 0.3 is 12.1 Å². The highest BCUT2D eigenvalue weighted by atomic mass is 19.4. The zero-order valence-electron chi connectivity index (χ0n) is 18.6. The minimum atomic E-state index is -4.63. The number of carbonyl (C=O) groups is 2. The molecule has 0 saturated carbocycles. The van der Waals surface area contributed by atoms with Crippen LogP contribution in [0.5, 0.6) is 11.5 Å². The van der Waals surface area contributed by atoms with Crippen molar-refractivity contribution >= 4 is 17.6 Å². The van der Waals surface area contributed by atoms with Gasteiger partial charge in [-0.25, -0.2) is 4.79 Å². The van der Waals surface area contributed by atoms with Gasteiger partial charge in [0.2, 0.25) is 5.76 Å². The fourth-order valence-corrected chi connectivity index (χ4v) is 2.79. The normalized spacial score (nSPS) is 11.1. The molecular formula is C24H22F3NO7. The lowest BCUT2D eigenvalue weighted by molar-refractivity contribution is -0.137. The maximum Gasteiger partial charge on any atom is 0.416 e. The van der Waals surface area contributed by atoms with Gasteiger partial charge in [0.05, 0.1) is 17.9 Å². The van der Waals surface area contributed by atoms with Crippen LogP contribution in [0.3, 0.4) is 0 Å². The van der Waals surface area contributed by atoms with Crippen LogP contribution in [0.2, 0.25) is 0 Å². The van der Waals surface area contributed by atoms with E-state index in [0.717, 1.165) is 18.2 Å². The molecule has 186 valence electrons. The Hall–Kier alpha value is -3.99. The van der Waals surface area contributed by atoms with Gasteiger partial charge in [0.25, 0.3) is 5.91 Å². The molecule has 35 heavy (non-hydrogen) atoms. The largest absolute Gasteiger partial charge is 0.489 e. The number of benzene rings is 2. The summed E-state index contributed by atoms with van der Waals surface area (Å²) >= 11 is 0. The predicted molar refractivity (Wildman–Crippen MR) is 117 cm³/mol. The van der Waals surface area contributed by atoms with Gasteiger partial charge in [-0.2, -0.15) is 13.2 Å². The van der Waals surface area contributed by atoms with Gasteiger partial charge < -0.3 is 28.7 Å². The first-order chi connectivity index (χ1) is 16.8. The third kappa shape index (κ3) is 7.78. The van der Waals surface area contributed by atoms with Gasteiger partial charge in [-0.3, -0.25) is 4.79 Å². The maximum absolute atomic E-state index is 13.1. The molecule has 0 saturated heterocycles. The van der Waals surface area contributed by atoms with Gasteiger partial charge in [0, 0.05) is 7.11 Å². The summed E-state index contributed by atoms with van der Waals surface area (Å²) in [5.74, 6) is -0.979. The van der Waals surface area contributed by atoms with Crippen LogP contribution >= 0.6 is 0 Å². The molecule has 0 spiro atoms. The van der Waals surface area contributed by atoms with Crippen molar-refractivity contribution in [3.8, 4) is 11.5 Å². The molecule has 0 atom stereocenters. The third-order valence-electron chi connectivity index (χ3n) is 4.45. The van der Waals surface area contributed by atoms with Gasteiger partial charge in [-0.15, -0.1) is 0 Å². The standard InChI is InChI=1S/C24H22F3NO7/c1-31-11-12-32-20-9-7-16(24(25,26)27)13-19(20)28-22(29)15-34-23(30)21-10-8-18(35-21)14-33-17-5-3-2-4-6-17/h2-10,13H,11-12,14-15H2,1H3,(H,28,29). The van der Waals surface area contributed by atoms with E-state index in [1.165, 1.54) is 19.2 Å². The Labute approximate surface area is 198 Å². The van der Waals surface area contributed by atoms with E-state index < -0.39 is 30.2 Å². The molecule has 0 aliphatic heterocycles. The van der Waals surface area contributed by atoms with E-state index in [9.17, 15) is 22.8 Å². The fraction of sp³-hybridized carbons (Fsp3) is 0.250. The number of alkyl halides is 3. The van der Waals surface area contributed by atoms with E-state index in [1.54, 1.807) is 24.3 Å². The van der Waals surface area contributed by atoms with Crippen molar-refractivity contribution in [3.05, 3.63) is 77.7 Å². The van der Waals surface area contributed by atoms with Gasteiger partial charge in [-0.05, 0) is 42.5 Å². The first-order valence-electron chi connectivity index (χ1n) is 10.3. The highest BCUT2D eigenvalue weighted by molar-refractivity contribution is 5.95. The molecule has 1 N–H and O–H groups in total. The molecule has 0 aliphatic carbocycles. The van der Waals surface area contributed by atoms with Crippen molar-refractivity contribution in [1.29, 1.82) is 0 Å². The molecule has 0 fully saturated rings. The number of ether oxygens (including phenoxy) is 4. The molecule has 2 aromatic carbocycles. The van der Waals surface area contributed by atoms with Crippen molar-refractivity contribution in [3.63, 3.8) is 0 Å². The van der Waals surface area contributed by atoms with Gasteiger partial charge in [-0.1, -0.05) is 18.2 Å². The zero-order chi connectivity index (χ0) is 25.3. The number of esters is 1. The lowest BCUT2D eigenvalue weighted by Crippen LogP contribution is -2.21. The lowest BCUT2D eigenvalue weighted by atomic mass is 10.1. The van der Waals surface area contributed by atoms with Crippen molar-refractivity contribution in [1.82, 2.24) is 0 Å². The molecule has 0 unspecified atom stereocenters. The SMILES string of the molecule is COCCOc1ccc(C(F)(F)F)cc1NC(=O)COC(=O)c1ccc(COc2ccccc2)o1. The summed E-state index contributed by atoms with van der Waals surface area (Å²) in [6.45, 7) is -0.454. The zero-order valence-corrected chi connectivity index (χ0v) is 18.6. The molecule has 1 aromatic heterocycles. The molecular weight excluding hydrogens is 471 g/mol. The Balaban J connectivity index is 1.56. The summed E-state index contributed by atoms with van der Waals surface area (Å²) in [5, 5.41) is 2.27. The van der Waals surface area contributed by atoms with Gasteiger partial charge in [0.15, 0.2) is 6.61 Å². The molecule has 0 radical (unpaired) electrons. The summed E-state index contributed by atoms with van der Waals surface area (Å²) in [7, 11) is 1.44. The number of halogens is 3. The Morgan fingerprint density at radius 1 is 0.971 bits per heavy atom. The van der Waals surface area contributed by atoms with E-state index in [2.05, 4.69) is 5.32 Å². The number of methoxy groups -OCH3 is 1. The van der Waals surface area contributed by atoms with Crippen LogP contribution in [0.25, 0.3) is 0 Å². The predicted octanol–water partition coefficient (Wildman–Crippen LogP) is 4.70. The fourth-order valence-electron chi connectivity index (χ4n) is 2.79. The molecule has 0 bridgehead atoms. The number of rotatable bonds is 11. The van der Waals surface area contributed by atoms with Crippen molar-refractivity contribution in [2.24, 2.45) is 0 Å². The number of hydrogen-bond acceptors (Lipinski definition) is 7. The minimum Gasteiger partial charge on any atom is -0.489 e. The molecule has 11 heteroatoms. The average Bonchev–Trinajstić information content (AvgIpc) is 3.31. The third-order valence-corrected chi connectivity index (χ3v) is 4.45. The number of anilines is 1. The second-order valence-corrected chi connectivity index (χ2v) is 7.04. The van der Waals surface area contributed by atoms with Crippen molar-refractivity contribution in [2.45, 2.75) is 12.8 Å². The second kappa shape index (κ2) is 11.9. The number of carbonyl (C=O) groups excluding carboxylic acids is 2. The molecule has 1 amide bonds. The highest BCUT2D eigenvalue weighted by Gasteiger charge is 2.31. The number of furan rings is 1. The maximum atomic E-state index is 13.1. The monoisotopic (exact) mass is 493 g/mol. The Morgan fingerprint density at radius 3 is 2.46 bits per heavy atom. The van der Waals surface area contributed by atoms with E-state index in [4.69, 9.17) is 23.4 Å². The van der Waals surface area contributed by atoms with Crippen LogP contribution in [0.15, 0.2) is 65.1 Å². The molecule has 8 nitrogen and oxygen atoms in total. The van der Waals surface area contributed by atoms with E-state index in [0.29, 0.717) is 11.5 Å². The number of hydrogen-bond donors (Lipinski definition) is 1. The van der Waals surface area contributed by atoms with E-state index >= 15 is 0 Å². The van der Waals surface area contributed by atoms with Crippen LogP contribution in [-0.2, 0) is 27.1 Å². The smallest absolute Gasteiger partial charge is 0.416 e. The minimum absolute atomic E-state index is 0.00354. The summed E-state index contributed by atoms with van der Waals surface area (Å²) in [4.78, 5) is 24.4. The van der Waals surface area contributed by atoms with Crippen LogP contribution in [0.1, 0.15) is 21.9 Å². The van der Waals surface area contributed by atoms with Gasteiger partial charge in [0.1, 0.15) is 30.5 Å². The van der Waals surface area contributed by atoms with E-state index in [-0.39, 0.29) is 37.0 Å². The quantitative estimate of drug-likeness (QED) is 0.306. The number of para-hydroxylation sites is 1. The average molecular weight is 493 g/mol. The second-order valence-electron chi connectivity index (χ2n) is 7.04. The summed E-state index contributed by atoms with van der Waals surface area (Å²) in [5.41, 5.74) is -1.21. The van der Waals surface area contributed by atoms with Crippen molar-refractivity contribution in [2.75, 3.05) is 32.2 Å². The van der Waals surface area contributed by atoms with Crippen LogP contribution in [0.4, 0.5) is 18.9 Å². The molecule has 1 heterocycles. The van der Waals surface area contributed by atoms with Crippen LogP contribution < -0.4 is 14.8 Å². The number of nitrogens with one attached hydrogen (secondary N) is 1. The Bertz CT molecular complexity index is 1130. The summed E-state index contributed by atoms with van der Waals surface area (Å²) in [6.07, 6.45) is -4.63. The van der Waals surface area contributed by atoms with Crippen LogP contribution in [-0.4, -0.2) is 38.8 Å². The van der Waals surface area contributed by atoms with E-state index in [1.807, 2.05) is 6.07 Å². The van der Waals surface area contributed by atoms with Crippen LogP contribution in [0, 0.1) is 0 Å². The Kier molecular flexibility index (Phi) is 8.74. The Morgan fingerprint density at radius 2 is 1.74 bits per heavy atom. The molecule has 3 rings (SSSR count). The van der Waals surface area contributed by atoms with Crippen molar-refractivity contribution < 1.29 is 46.1 Å². The molecule has 3 aromatic rings. The first kappa shape index (κ1) is 25.6. The number of amides is 1.